The van der Waals surface area contributed by atoms with Crippen molar-refractivity contribution < 1.29 is 18.7 Å². The van der Waals surface area contributed by atoms with Crippen LogP contribution in [0.4, 0.5) is 15.8 Å². The number of aryl methyl sites for hydroxylation is 1. The molecule has 2 aromatic rings. The summed E-state index contributed by atoms with van der Waals surface area (Å²) in [7, 11) is 0. The van der Waals surface area contributed by atoms with Gasteiger partial charge in [-0.05, 0) is 62.7 Å². The Kier molecular flexibility index (Phi) is 4.44. The van der Waals surface area contributed by atoms with Gasteiger partial charge in [-0.1, -0.05) is 6.07 Å². The van der Waals surface area contributed by atoms with E-state index in [-0.39, 0.29) is 17.6 Å². The van der Waals surface area contributed by atoms with Gasteiger partial charge in [0.05, 0.1) is 5.69 Å². The molecule has 2 amide bonds. The Morgan fingerprint density at radius 1 is 1.24 bits per heavy atom. The highest BCUT2D eigenvalue weighted by molar-refractivity contribution is 6.07. The second-order valence-electron chi connectivity index (χ2n) is 6.11. The van der Waals surface area contributed by atoms with Crippen molar-refractivity contribution in [3.63, 3.8) is 0 Å². The van der Waals surface area contributed by atoms with Gasteiger partial charge in [0.25, 0.3) is 5.91 Å². The standard InChI is InChI=1S/C19H19FN2O3/c1-11-4-9-17-16(10-11)22(19(24)13(3)25-17)12(2)18(23)21-15-7-5-14(20)6-8-15/h4-10,12-13H,1-3H3,(H,21,23). The molecule has 6 heteroatoms. The zero-order valence-electron chi connectivity index (χ0n) is 14.2. The van der Waals surface area contributed by atoms with Crippen molar-refractivity contribution in [2.45, 2.75) is 32.9 Å². The lowest BCUT2D eigenvalue weighted by Gasteiger charge is -2.36. The van der Waals surface area contributed by atoms with Crippen LogP contribution in [0.1, 0.15) is 19.4 Å². The molecule has 0 fully saturated rings. The Morgan fingerprint density at radius 2 is 1.92 bits per heavy atom. The summed E-state index contributed by atoms with van der Waals surface area (Å²) < 4.78 is 18.6. The highest BCUT2D eigenvalue weighted by Crippen LogP contribution is 2.36. The number of nitrogens with one attached hydrogen (secondary N) is 1. The van der Waals surface area contributed by atoms with Crippen molar-refractivity contribution in [2.24, 2.45) is 0 Å². The van der Waals surface area contributed by atoms with Crippen LogP contribution in [0.25, 0.3) is 0 Å². The number of carbonyl (C=O) groups excluding carboxylic acids is 2. The maximum Gasteiger partial charge on any atom is 0.268 e. The Labute approximate surface area is 145 Å². The maximum atomic E-state index is 13.0. The van der Waals surface area contributed by atoms with Gasteiger partial charge in [-0.3, -0.25) is 14.5 Å². The smallest absolute Gasteiger partial charge is 0.268 e. The van der Waals surface area contributed by atoms with Crippen LogP contribution in [0.5, 0.6) is 5.75 Å². The first-order chi connectivity index (χ1) is 11.9. The fourth-order valence-electron chi connectivity index (χ4n) is 2.77. The van der Waals surface area contributed by atoms with E-state index < -0.39 is 12.1 Å². The number of hydrogen-bond acceptors (Lipinski definition) is 3. The van der Waals surface area contributed by atoms with E-state index in [0.29, 0.717) is 17.1 Å². The normalized spacial score (nSPS) is 17.5. The maximum absolute atomic E-state index is 13.0. The van der Waals surface area contributed by atoms with Crippen molar-refractivity contribution in [3.8, 4) is 5.75 Å². The molecule has 25 heavy (non-hydrogen) atoms. The molecule has 1 N–H and O–H groups in total. The van der Waals surface area contributed by atoms with E-state index >= 15 is 0 Å². The number of ether oxygens (including phenoxy) is 1. The predicted octanol–water partition coefficient (Wildman–Crippen LogP) is 3.28. The number of carbonyl (C=O) groups is 2. The molecule has 0 radical (unpaired) electrons. The molecule has 0 aromatic heterocycles. The third kappa shape index (κ3) is 3.33. The van der Waals surface area contributed by atoms with E-state index in [1.807, 2.05) is 19.1 Å². The highest BCUT2D eigenvalue weighted by atomic mass is 19.1. The zero-order valence-corrected chi connectivity index (χ0v) is 14.2. The monoisotopic (exact) mass is 342 g/mol. The fraction of sp³-hybridized carbons (Fsp3) is 0.263. The molecule has 0 aliphatic carbocycles. The van der Waals surface area contributed by atoms with Gasteiger partial charge in [0.15, 0.2) is 6.10 Å². The summed E-state index contributed by atoms with van der Waals surface area (Å²) in [5.74, 6) is -0.451. The minimum absolute atomic E-state index is 0.278. The van der Waals surface area contributed by atoms with Crippen molar-refractivity contribution in [1.29, 1.82) is 0 Å². The summed E-state index contributed by atoms with van der Waals surface area (Å²) in [4.78, 5) is 26.7. The first kappa shape index (κ1) is 17.0. The number of nitrogens with zero attached hydrogens (tertiary/aromatic N) is 1. The molecule has 5 nitrogen and oxygen atoms in total. The molecule has 2 aromatic carbocycles. The average molecular weight is 342 g/mol. The minimum Gasteiger partial charge on any atom is -0.479 e. The second-order valence-corrected chi connectivity index (χ2v) is 6.11. The van der Waals surface area contributed by atoms with Crippen molar-refractivity contribution in [1.82, 2.24) is 0 Å². The van der Waals surface area contributed by atoms with Gasteiger partial charge in [0.2, 0.25) is 5.91 Å². The van der Waals surface area contributed by atoms with Crippen LogP contribution in [0.3, 0.4) is 0 Å². The van der Waals surface area contributed by atoms with Crippen LogP contribution in [0, 0.1) is 12.7 Å². The van der Waals surface area contributed by atoms with Gasteiger partial charge in [-0.2, -0.15) is 0 Å². The van der Waals surface area contributed by atoms with Gasteiger partial charge in [-0.15, -0.1) is 0 Å². The molecule has 0 spiro atoms. The summed E-state index contributed by atoms with van der Waals surface area (Å²) in [5, 5.41) is 2.71. The Morgan fingerprint density at radius 3 is 2.60 bits per heavy atom. The van der Waals surface area contributed by atoms with Crippen molar-refractivity contribution in [2.75, 3.05) is 10.2 Å². The van der Waals surface area contributed by atoms with E-state index in [1.165, 1.54) is 29.2 Å². The van der Waals surface area contributed by atoms with Crippen LogP contribution in [-0.4, -0.2) is 24.0 Å². The third-order valence-electron chi connectivity index (χ3n) is 4.14. The van der Waals surface area contributed by atoms with Gasteiger partial charge in [0, 0.05) is 5.69 Å². The molecule has 0 bridgehead atoms. The molecule has 0 saturated heterocycles. The van der Waals surface area contributed by atoms with Gasteiger partial charge in [-0.25, -0.2) is 4.39 Å². The number of amides is 2. The fourth-order valence-corrected chi connectivity index (χ4v) is 2.77. The number of halogens is 1. The topological polar surface area (TPSA) is 58.6 Å². The number of anilines is 2. The first-order valence-corrected chi connectivity index (χ1v) is 8.03. The molecule has 0 saturated carbocycles. The Hall–Kier alpha value is -2.89. The molecular weight excluding hydrogens is 323 g/mol. The van der Waals surface area contributed by atoms with Crippen LogP contribution in [-0.2, 0) is 9.59 Å². The lowest BCUT2D eigenvalue weighted by Crippen LogP contribution is -2.52. The molecule has 130 valence electrons. The van der Waals surface area contributed by atoms with Gasteiger partial charge >= 0.3 is 0 Å². The molecule has 1 aliphatic rings. The van der Waals surface area contributed by atoms with E-state index in [9.17, 15) is 14.0 Å². The number of rotatable bonds is 3. The van der Waals surface area contributed by atoms with E-state index in [2.05, 4.69) is 5.32 Å². The van der Waals surface area contributed by atoms with Crippen LogP contribution in [0.2, 0.25) is 0 Å². The molecule has 2 atom stereocenters. The summed E-state index contributed by atoms with van der Waals surface area (Å²) >= 11 is 0. The van der Waals surface area contributed by atoms with Crippen LogP contribution in [0.15, 0.2) is 42.5 Å². The molecule has 1 heterocycles. The van der Waals surface area contributed by atoms with E-state index in [4.69, 9.17) is 4.74 Å². The second kappa shape index (κ2) is 6.55. The number of fused-ring (bicyclic) bond motifs is 1. The van der Waals surface area contributed by atoms with Crippen LogP contribution >= 0.6 is 0 Å². The quantitative estimate of drug-likeness (QED) is 0.931. The van der Waals surface area contributed by atoms with Crippen molar-refractivity contribution in [3.05, 3.63) is 53.8 Å². The SMILES string of the molecule is Cc1ccc2c(c1)N(C(C)C(=O)Nc1ccc(F)cc1)C(=O)C(C)O2. The largest absolute Gasteiger partial charge is 0.479 e. The van der Waals surface area contributed by atoms with E-state index in [1.54, 1.807) is 19.9 Å². The minimum atomic E-state index is -0.746. The molecule has 3 rings (SSSR count). The lowest BCUT2D eigenvalue weighted by atomic mass is 10.1. The summed E-state index contributed by atoms with van der Waals surface area (Å²) in [6, 6.07) is 10.2. The van der Waals surface area contributed by atoms with Crippen molar-refractivity contribution >= 4 is 23.2 Å². The zero-order chi connectivity index (χ0) is 18.1. The number of hydrogen-bond donors (Lipinski definition) is 1. The Bertz CT molecular complexity index is 820. The molecule has 2 unspecified atom stereocenters. The molecular formula is C19H19FN2O3. The summed E-state index contributed by atoms with van der Waals surface area (Å²) in [6.07, 6.45) is -0.670. The third-order valence-corrected chi connectivity index (χ3v) is 4.14. The Balaban J connectivity index is 1.88. The first-order valence-electron chi connectivity index (χ1n) is 8.03. The summed E-state index contributed by atoms with van der Waals surface area (Å²) in [5.41, 5.74) is 2.00. The van der Waals surface area contributed by atoms with Gasteiger partial charge in [0.1, 0.15) is 17.6 Å². The summed E-state index contributed by atoms with van der Waals surface area (Å²) in [6.45, 7) is 5.22. The van der Waals surface area contributed by atoms with Crippen LogP contribution < -0.4 is 15.0 Å². The number of benzene rings is 2. The highest BCUT2D eigenvalue weighted by Gasteiger charge is 2.37. The predicted molar refractivity (Wildman–Crippen MR) is 93.2 cm³/mol. The average Bonchev–Trinajstić information content (AvgIpc) is 2.58. The van der Waals surface area contributed by atoms with E-state index in [0.717, 1.165) is 5.56 Å². The lowest BCUT2D eigenvalue weighted by molar-refractivity contribution is -0.128. The molecule has 1 aliphatic heterocycles. The van der Waals surface area contributed by atoms with Gasteiger partial charge < -0.3 is 10.1 Å².